The highest BCUT2D eigenvalue weighted by atomic mass is 15.1. The molecule has 0 heterocycles. The summed E-state index contributed by atoms with van der Waals surface area (Å²) < 4.78 is 0. The molecule has 0 aliphatic heterocycles. The van der Waals surface area contributed by atoms with Crippen LogP contribution in [0.3, 0.4) is 0 Å². The minimum Gasteiger partial charge on any atom is -0.302 e. The molecule has 0 rings (SSSR count). The van der Waals surface area contributed by atoms with Crippen molar-refractivity contribution < 1.29 is 0 Å². The Balaban J connectivity index is 3.81. The van der Waals surface area contributed by atoms with E-state index in [1.54, 1.807) is 0 Å². The lowest BCUT2D eigenvalue weighted by molar-refractivity contribution is 0.224. The van der Waals surface area contributed by atoms with E-state index in [4.69, 9.17) is 6.42 Å². The summed E-state index contributed by atoms with van der Waals surface area (Å²) in [6, 6.07) is 0. The van der Waals surface area contributed by atoms with E-state index in [1.807, 2.05) is 0 Å². The van der Waals surface area contributed by atoms with E-state index < -0.39 is 0 Å². The normalized spacial score (nSPS) is 11.2. The molecule has 0 aliphatic carbocycles. The second kappa shape index (κ2) is 6.97. The molecule has 0 bridgehead atoms. The Bertz CT molecular complexity index is 143. The lowest BCUT2D eigenvalue weighted by Gasteiger charge is -2.25. The predicted molar refractivity (Wildman–Crippen MR) is 59.6 cm³/mol. The second-order valence-corrected chi connectivity index (χ2v) is 4.50. The molecular weight excluding hydrogens is 158 g/mol. The van der Waals surface area contributed by atoms with E-state index in [9.17, 15) is 0 Å². The summed E-state index contributed by atoms with van der Waals surface area (Å²) in [5, 5.41) is 0. The summed E-state index contributed by atoms with van der Waals surface area (Å²) in [4.78, 5) is 2.47. The first-order valence-electron chi connectivity index (χ1n) is 5.22. The molecule has 0 aromatic carbocycles. The summed E-state index contributed by atoms with van der Waals surface area (Å²) in [7, 11) is 0. The van der Waals surface area contributed by atoms with Crippen LogP contribution in [0.2, 0.25) is 0 Å². The van der Waals surface area contributed by atoms with Crippen LogP contribution in [0.15, 0.2) is 0 Å². The van der Waals surface area contributed by atoms with Crippen LogP contribution in [0.1, 0.15) is 34.1 Å². The van der Waals surface area contributed by atoms with Gasteiger partial charge in [0.25, 0.3) is 0 Å². The number of terminal acetylenes is 1. The molecule has 0 aromatic heterocycles. The highest BCUT2D eigenvalue weighted by molar-refractivity contribution is 4.84. The fourth-order valence-electron chi connectivity index (χ4n) is 1.51. The van der Waals surface area contributed by atoms with E-state index in [-0.39, 0.29) is 0 Å². The molecule has 13 heavy (non-hydrogen) atoms. The Labute approximate surface area is 83.5 Å². The molecule has 76 valence electrons. The van der Waals surface area contributed by atoms with Gasteiger partial charge >= 0.3 is 0 Å². The summed E-state index contributed by atoms with van der Waals surface area (Å²) >= 11 is 0. The van der Waals surface area contributed by atoms with Crippen LogP contribution in [-0.2, 0) is 0 Å². The fourth-order valence-corrected chi connectivity index (χ4v) is 1.51. The van der Waals surface area contributed by atoms with Crippen LogP contribution in [0.4, 0.5) is 0 Å². The van der Waals surface area contributed by atoms with Crippen molar-refractivity contribution in [2.75, 3.05) is 19.6 Å². The first-order valence-corrected chi connectivity index (χ1v) is 5.22. The average molecular weight is 181 g/mol. The van der Waals surface area contributed by atoms with Crippen LogP contribution >= 0.6 is 0 Å². The van der Waals surface area contributed by atoms with Gasteiger partial charge in [-0.2, -0.15) is 0 Å². The highest BCUT2D eigenvalue weighted by Gasteiger charge is 2.07. The largest absolute Gasteiger partial charge is 0.302 e. The van der Waals surface area contributed by atoms with Crippen LogP contribution < -0.4 is 0 Å². The van der Waals surface area contributed by atoms with Gasteiger partial charge in [0, 0.05) is 26.1 Å². The Morgan fingerprint density at radius 2 is 1.54 bits per heavy atom. The van der Waals surface area contributed by atoms with Crippen molar-refractivity contribution in [2.24, 2.45) is 11.8 Å². The van der Waals surface area contributed by atoms with Crippen LogP contribution in [0.25, 0.3) is 0 Å². The molecule has 0 fully saturated rings. The molecule has 0 unspecified atom stereocenters. The molecule has 0 saturated carbocycles. The number of hydrogen-bond donors (Lipinski definition) is 0. The maximum Gasteiger partial charge on any atom is 0.0214 e. The first kappa shape index (κ1) is 12.5. The van der Waals surface area contributed by atoms with Gasteiger partial charge in [0.2, 0.25) is 0 Å². The summed E-state index contributed by atoms with van der Waals surface area (Å²) in [5.41, 5.74) is 0. The lowest BCUT2D eigenvalue weighted by atomic mass is 10.1. The topological polar surface area (TPSA) is 3.24 Å². The van der Waals surface area contributed by atoms with Gasteiger partial charge in [0.1, 0.15) is 0 Å². The molecule has 0 aromatic rings. The number of rotatable bonds is 6. The third-order valence-corrected chi connectivity index (χ3v) is 1.82. The van der Waals surface area contributed by atoms with E-state index >= 15 is 0 Å². The predicted octanol–water partition coefficient (Wildman–Crippen LogP) is 2.62. The SMILES string of the molecule is C#CCCN(CC(C)C)CC(C)C. The van der Waals surface area contributed by atoms with E-state index in [0.717, 1.165) is 24.8 Å². The molecule has 0 atom stereocenters. The Hall–Kier alpha value is -0.480. The van der Waals surface area contributed by atoms with Gasteiger partial charge in [-0.1, -0.05) is 27.7 Å². The quantitative estimate of drug-likeness (QED) is 0.569. The van der Waals surface area contributed by atoms with Crippen molar-refractivity contribution in [1.29, 1.82) is 0 Å². The molecule has 0 aliphatic rings. The second-order valence-electron chi connectivity index (χ2n) is 4.50. The third kappa shape index (κ3) is 7.87. The third-order valence-electron chi connectivity index (χ3n) is 1.82. The maximum absolute atomic E-state index is 5.26. The van der Waals surface area contributed by atoms with E-state index in [0.29, 0.717) is 0 Å². The zero-order valence-corrected chi connectivity index (χ0v) is 9.51. The summed E-state index contributed by atoms with van der Waals surface area (Å²) in [6.45, 7) is 12.4. The van der Waals surface area contributed by atoms with Crippen molar-refractivity contribution >= 4 is 0 Å². The van der Waals surface area contributed by atoms with Gasteiger partial charge in [0.05, 0.1) is 0 Å². The monoisotopic (exact) mass is 181 g/mol. The van der Waals surface area contributed by atoms with Crippen LogP contribution in [-0.4, -0.2) is 24.5 Å². The van der Waals surface area contributed by atoms with Gasteiger partial charge in [0.15, 0.2) is 0 Å². The van der Waals surface area contributed by atoms with Gasteiger partial charge in [-0.25, -0.2) is 0 Å². The van der Waals surface area contributed by atoms with Crippen molar-refractivity contribution in [3.63, 3.8) is 0 Å². The fraction of sp³-hybridized carbons (Fsp3) is 0.833. The first-order chi connectivity index (χ1) is 6.06. The van der Waals surface area contributed by atoms with Gasteiger partial charge in [-0.05, 0) is 11.8 Å². The molecule has 0 amide bonds. The van der Waals surface area contributed by atoms with Gasteiger partial charge in [-0.3, -0.25) is 0 Å². The molecule has 0 spiro atoms. The van der Waals surface area contributed by atoms with Crippen molar-refractivity contribution in [3.8, 4) is 12.3 Å². The van der Waals surface area contributed by atoms with Crippen LogP contribution in [0, 0.1) is 24.2 Å². The highest BCUT2D eigenvalue weighted by Crippen LogP contribution is 2.04. The molecule has 0 saturated heterocycles. The standard InChI is InChI=1S/C12H23N/c1-6-7-8-13(9-11(2)3)10-12(4)5/h1,11-12H,7-10H2,2-5H3. The summed E-state index contributed by atoms with van der Waals surface area (Å²) in [6.07, 6.45) is 6.14. The molecular formula is C12H23N. The Kier molecular flexibility index (Phi) is 6.72. The molecule has 0 N–H and O–H groups in total. The maximum atomic E-state index is 5.26. The molecule has 1 nitrogen and oxygen atoms in total. The average Bonchev–Trinajstić information content (AvgIpc) is 1.98. The van der Waals surface area contributed by atoms with Gasteiger partial charge < -0.3 is 4.90 Å². The van der Waals surface area contributed by atoms with Gasteiger partial charge in [-0.15, -0.1) is 12.3 Å². The minimum absolute atomic E-state index is 0.733. The van der Waals surface area contributed by atoms with Crippen molar-refractivity contribution in [3.05, 3.63) is 0 Å². The minimum atomic E-state index is 0.733. The number of nitrogens with zero attached hydrogens (tertiary/aromatic N) is 1. The summed E-state index contributed by atoms with van der Waals surface area (Å²) in [5.74, 6) is 4.17. The zero-order chi connectivity index (χ0) is 10.3. The van der Waals surface area contributed by atoms with Crippen LogP contribution in [0.5, 0.6) is 0 Å². The molecule has 1 heteroatoms. The smallest absolute Gasteiger partial charge is 0.0214 e. The zero-order valence-electron chi connectivity index (χ0n) is 9.51. The van der Waals surface area contributed by atoms with E-state index in [2.05, 4.69) is 38.5 Å². The van der Waals surface area contributed by atoms with E-state index in [1.165, 1.54) is 13.1 Å². The van der Waals surface area contributed by atoms with Crippen molar-refractivity contribution in [2.45, 2.75) is 34.1 Å². The molecule has 0 radical (unpaired) electrons. The van der Waals surface area contributed by atoms with Crippen molar-refractivity contribution in [1.82, 2.24) is 4.90 Å². The number of hydrogen-bond acceptors (Lipinski definition) is 1. The Morgan fingerprint density at radius 1 is 1.08 bits per heavy atom. The lowest BCUT2D eigenvalue weighted by Crippen LogP contribution is -2.32. The Morgan fingerprint density at radius 3 is 1.85 bits per heavy atom.